The highest BCUT2D eigenvalue weighted by atomic mass is 32.2. The second kappa shape index (κ2) is 7.63. The highest BCUT2D eigenvalue weighted by molar-refractivity contribution is 7.98. The van der Waals surface area contributed by atoms with Gasteiger partial charge in [0.25, 0.3) is 5.91 Å². The number of hydrogen-bond acceptors (Lipinski definition) is 5. The molecule has 0 saturated carbocycles. The lowest BCUT2D eigenvalue weighted by Crippen LogP contribution is -2.44. The van der Waals surface area contributed by atoms with Gasteiger partial charge < -0.3 is 15.5 Å². The van der Waals surface area contributed by atoms with Crippen molar-refractivity contribution in [1.82, 2.24) is 15.5 Å². The molecule has 116 valence electrons. The maximum absolute atomic E-state index is 12.2. The van der Waals surface area contributed by atoms with E-state index in [0.29, 0.717) is 0 Å². The number of rotatable bonds is 5. The van der Waals surface area contributed by atoms with Crippen molar-refractivity contribution in [1.29, 1.82) is 0 Å². The van der Waals surface area contributed by atoms with Crippen LogP contribution in [-0.4, -0.2) is 55.8 Å². The van der Waals surface area contributed by atoms with Crippen LogP contribution in [0.5, 0.6) is 0 Å². The van der Waals surface area contributed by atoms with E-state index in [-0.39, 0.29) is 5.91 Å². The van der Waals surface area contributed by atoms with Gasteiger partial charge in [-0.3, -0.25) is 4.79 Å². The molecule has 3 heterocycles. The molecule has 1 fully saturated rings. The molecule has 1 aromatic rings. The van der Waals surface area contributed by atoms with Crippen molar-refractivity contribution < 1.29 is 4.79 Å². The van der Waals surface area contributed by atoms with Gasteiger partial charge in [-0.05, 0) is 36.8 Å². The number of thioether (sulfide) groups is 1. The fourth-order valence-electron chi connectivity index (χ4n) is 2.79. The van der Waals surface area contributed by atoms with E-state index < -0.39 is 0 Å². The zero-order valence-electron chi connectivity index (χ0n) is 12.3. The number of hydrogen-bond donors (Lipinski definition) is 2. The molecule has 0 radical (unpaired) electrons. The number of thiophene rings is 1. The van der Waals surface area contributed by atoms with Gasteiger partial charge in [0, 0.05) is 43.4 Å². The van der Waals surface area contributed by atoms with Crippen molar-refractivity contribution in [2.24, 2.45) is 0 Å². The Hall–Kier alpha value is -0.560. The minimum Gasteiger partial charge on any atom is -0.351 e. The highest BCUT2D eigenvalue weighted by Crippen LogP contribution is 2.31. The van der Waals surface area contributed by atoms with Gasteiger partial charge in [0.15, 0.2) is 0 Å². The minimum atomic E-state index is 0.111. The molecule has 1 aromatic heterocycles. The third kappa shape index (κ3) is 4.22. The standard InChI is InChI=1S/C15H23N3OS2/c19-15(14-10-12-11-20-9-2-13(12)21-14)17-3-1-6-18-7-4-16-5-8-18/h10,16H,1-9,11H2,(H,17,19). The first-order valence-corrected chi connectivity index (χ1v) is 9.70. The third-order valence-electron chi connectivity index (χ3n) is 4.00. The van der Waals surface area contributed by atoms with Gasteiger partial charge >= 0.3 is 0 Å². The molecule has 4 nitrogen and oxygen atoms in total. The van der Waals surface area contributed by atoms with Gasteiger partial charge in [-0.15, -0.1) is 11.3 Å². The lowest BCUT2D eigenvalue weighted by Gasteiger charge is -2.27. The maximum atomic E-state index is 12.2. The van der Waals surface area contributed by atoms with Gasteiger partial charge in [0.1, 0.15) is 0 Å². The quantitative estimate of drug-likeness (QED) is 0.807. The lowest BCUT2D eigenvalue weighted by atomic mass is 10.2. The second-order valence-corrected chi connectivity index (χ2v) is 7.80. The molecule has 0 unspecified atom stereocenters. The molecule has 2 aliphatic heterocycles. The van der Waals surface area contributed by atoms with Crippen LogP contribution in [0.15, 0.2) is 6.07 Å². The predicted molar refractivity (Wildman–Crippen MR) is 90.4 cm³/mol. The van der Waals surface area contributed by atoms with Crippen LogP contribution in [-0.2, 0) is 12.2 Å². The van der Waals surface area contributed by atoms with Crippen LogP contribution in [0.2, 0.25) is 0 Å². The van der Waals surface area contributed by atoms with Crippen molar-refractivity contribution in [3.8, 4) is 0 Å². The van der Waals surface area contributed by atoms with E-state index in [9.17, 15) is 4.79 Å². The van der Waals surface area contributed by atoms with Crippen LogP contribution in [0.25, 0.3) is 0 Å². The smallest absolute Gasteiger partial charge is 0.261 e. The Morgan fingerprint density at radius 1 is 1.38 bits per heavy atom. The predicted octanol–water partition coefficient (Wildman–Crippen LogP) is 1.56. The number of aryl methyl sites for hydroxylation is 1. The Labute approximate surface area is 134 Å². The molecule has 1 amide bonds. The SMILES string of the molecule is O=C(NCCCN1CCNCC1)c1cc2c(s1)CCSC2. The first-order chi connectivity index (χ1) is 10.3. The first kappa shape index (κ1) is 15.3. The molecule has 0 bridgehead atoms. The van der Waals surface area contributed by atoms with Crippen LogP contribution < -0.4 is 10.6 Å². The van der Waals surface area contributed by atoms with Gasteiger partial charge in [-0.1, -0.05) is 0 Å². The summed E-state index contributed by atoms with van der Waals surface area (Å²) in [6.45, 7) is 6.29. The minimum absolute atomic E-state index is 0.111. The largest absolute Gasteiger partial charge is 0.351 e. The summed E-state index contributed by atoms with van der Waals surface area (Å²) in [4.78, 5) is 17.0. The number of nitrogens with one attached hydrogen (secondary N) is 2. The van der Waals surface area contributed by atoms with Gasteiger partial charge in [-0.25, -0.2) is 0 Å². The Bertz CT molecular complexity index is 460. The van der Waals surface area contributed by atoms with E-state index in [1.54, 1.807) is 11.3 Å². The van der Waals surface area contributed by atoms with E-state index in [1.807, 2.05) is 11.8 Å². The molecular weight excluding hydrogens is 302 g/mol. The fraction of sp³-hybridized carbons (Fsp3) is 0.667. The lowest BCUT2D eigenvalue weighted by molar-refractivity contribution is 0.0955. The third-order valence-corrected chi connectivity index (χ3v) is 6.24. The van der Waals surface area contributed by atoms with Crippen molar-refractivity contribution in [3.05, 3.63) is 21.4 Å². The maximum Gasteiger partial charge on any atom is 0.261 e. The summed E-state index contributed by atoms with van der Waals surface area (Å²) in [6.07, 6.45) is 2.16. The van der Waals surface area contributed by atoms with Crippen molar-refractivity contribution in [2.75, 3.05) is 45.0 Å². The van der Waals surface area contributed by atoms with Crippen LogP contribution in [0.1, 0.15) is 26.5 Å². The summed E-state index contributed by atoms with van der Waals surface area (Å²) in [5.74, 6) is 2.38. The van der Waals surface area contributed by atoms with Crippen LogP contribution in [0.3, 0.4) is 0 Å². The van der Waals surface area contributed by atoms with Gasteiger partial charge in [0.05, 0.1) is 4.88 Å². The molecule has 1 saturated heterocycles. The Kier molecular flexibility index (Phi) is 5.57. The summed E-state index contributed by atoms with van der Waals surface area (Å²) in [5, 5.41) is 6.43. The monoisotopic (exact) mass is 325 g/mol. The number of carbonyl (C=O) groups is 1. The van der Waals surface area contributed by atoms with E-state index in [1.165, 1.54) is 16.2 Å². The van der Waals surface area contributed by atoms with E-state index in [0.717, 1.165) is 62.7 Å². The number of amides is 1. The highest BCUT2D eigenvalue weighted by Gasteiger charge is 2.17. The van der Waals surface area contributed by atoms with Crippen molar-refractivity contribution >= 4 is 29.0 Å². The van der Waals surface area contributed by atoms with E-state index in [4.69, 9.17) is 0 Å². The molecule has 0 aromatic carbocycles. The van der Waals surface area contributed by atoms with Gasteiger partial charge in [-0.2, -0.15) is 11.8 Å². The number of fused-ring (bicyclic) bond motifs is 1. The molecule has 2 N–H and O–H groups in total. The van der Waals surface area contributed by atoms with E-state index >= 15 is 0 Å². The molecule has 6 heteroatoms. The van der Waals surface area contributed by atoms with Crippen molar-refractivity contribution in [3.63, 3.8) is 0 Å². The summed E-state index contributed by atoms with van der Waals surface area (Å²) < 4.78 is 0. The topological polar surface area (TPSA) is 44.4 Å². The molecule has 0 atom stereocenters. The van der Waals surface area contributed by atoms with E-state index in [2.05, 4.69) is 21.6 Å². The summed E-state index contributed by atoms with van der Waals surface area (Å²) in [7, 11) is 0. The zero-order valence-corrected chi connectivity index (χ0v) is 14.0. The molecule has 21 heavy (non-hydrogen) atoms. The van der Waals surface area contributed by atoms with Crippen LogP contribution >= 0.6 is 23.1 Å². The summed E-state index contributed by atoms with van der Waals surface area (Å²) >= 11 is 3.65. The van der Waals surface area contributed by atoms with Gasteiger partial charge in [0.2, 0.25) is 0 Å². The molecule has 2 aliphatic rings. The van der Waals surface area contributed by atoms with Crippen LogP contribution in [0, 0.1) is 0 Å². The Balaban J connectivity index is 1.40. The van der Waals surface area contributed by atoms with Crippen LogP contribution in [0.4, 0.5) is 0 Å². The second-order valence-electron chi connectivity index (χ2n) is 5.56. The number of piperazine rings is 1. The average Bonchev–Trinajstić information content (AvgIpc) is 2.96. The normalized spacial score (nSPS) is 19.2. The molecule has 0 aliphatic carbocycles. The molecule has 0 spiro atoms. The number of nitrogens with zero attached hydrogens (tertiary/aromatic N) is 1. The molecular formula is C15H23N3OS2. The van der Waals surface area contributed by atoms with Crippen molar-refractivity contribution in [2.45, 2.75) is 18.6 Å². The Morgan fingerprint density at radius 3 is 3.05 bits per heavy atom. The summed E-state index contributed by atoms with van der Waals surface area (Å²) in [5.41, 5.74) is 1.38. The molecule has 3 rings (SSSR count). The zero-order chi connectivity index (χ0) is 14.5. The number of carbonyl (C=O) groups excluding carboxylic acids is 1. The Morgan fingerprint density at radius 2 is 2.24 bits per heavy atom. The first-order valence-electron chi connectivity index (χ1n) is 7.73. The summed E-state index contributed by atoms with van der Waals surface area (Å²) in [6, 6.07) is 2.10. The fourth-order valence-corrected chi connectivity index (χ4v) is 5.07. The average molecular weight is 326 g/mol.